The average molecular weight is 325 g/mol. The van der Waals surface area contributed by atoms with Crippen molar-refractivity contribution in [2.24, 2.45) is 0 Å². The summed E-state index contributed by atoms with van der Waals surface area (Å²) in [6.45, 7) is 1.59. The number of amides is 1. The molecule has 1 aromatic carbocycles. The zero-order valence-corrected chi connectivity index (χ0v) is 13.0. The van der Waals surface area contributed by atoms with E-state index in [2.05, 4.69) is 10.3 Å². The standard InChI is InChI=1S/C13H15N3O3S2/c1-2-21(18,19)11-5-3-9(4-6-11)15-12(17)7-10-8-20-13(14)16-10/h3-6,8H,2,7H2,1H3,(H2,14,16)(H,15,17). The highest BCUT2D eigenvalue weighted by Crippen LogP contribution is 2.16. The molecule has 1 aromatic heterocycles. The van der Waals surface area contributed by atoms with Gasteiger partial charge in [-0.2, -0.15) is 0 Å². The summed E-state index contributed by atoms with van der Waals surface area (Å²) in [4.78, 5) is 16.1. The third kappa shape index (κ3) is 4.02. The molecule has 0 radical (unpaired) electrons. The predicted octanol–water partition coefficient (Wildman–Crippen LogP) is 1.70. The molecule has 0 aliphatic rings. The Kier molecular flexibility index (Phi) is 4.59. The number of rotatable bonds is 5. The number of carbonyl (C=O) groups is 1. The van der Waals surface area contributed by atoms with Gasteiger partial charge in [-0.3, -0.25) is 4.79 Å². The molecule has 3 N–H and O–H groups in total. The molecule has 2 rings (SSSR count). The highest BCUT2D eigenvalue weighted by atomic mass is 32.2. The molecule has 1 heterocycles. The summed E-state index contributed by atoms with van der Waals surface area (Å²) in [5, 5.41) is 4.84. The van der Waals surface area contributed by atoms with E-state index in [4.69, 9.17) is 5.73 Å². The number of nitrogen functional groups attached to an aromatic ring is 1. The lowest BCUT2D eigenvalue weighted by molar-refractivity contribution is -0.115. The first-order valence-corrected chi connectivity index (χ1v) is 8.76. The molecular weight excluding hydrogens is 310 g/mol. The number of anilines is 2. The van der Waals surface area contributed by atoms with Gasteiger partial charge >= 0.3 is 0 Å². The first kappa shape index (κ1) is 15.5. The van der Waals surface area contributed by atoms with Crippen molar-refractivity contribution >= 4 is 37.9 Å². The molecular formula is C13H15N3O3S2. The Morgan fingerprint density at radius 1 is 1.33 bits per heavy atom. The number of nitrogens with one attached hydrogen (secondary N) is 1. The Labute approximate surface area is 126 Å². The van der Waals surface area contributed by atoms with E-state index in [-0.39, 0.29) is 23.0 Å². The first-order valence-electron chi connectivity index (χ1n) is 6.23. The molecule has 1 amide bonds. The van der Waals surface area contributed by atoms with Crippen molar-refractivity contribution in [2.75, 3.05) is 16.8 Å². The number of hydrogen-bond acceptors (Lipinski definition) is 6. The first-order chi connectivity index (χ1) is 9.90. The fraction of sp³-hybridized carbons (Fsp3) is 0.231. The van der Waals surface area contributed by atoms with Gasteiger partial charge in [-0.05, 0) is 24.3 Å². The Balaban J connectivity index is 2.02. The topological polar surface area (TPSA) is 102 Å². The van der Waals surface area contributed by atoms with Gasteiger partial charge in [-0.25, -0.2) is 13.4 Å². The Morgan fingerprint density at radius 3 is 2.52 bits per heavy atom. The number of hydrogen-bond donors (Lipinski definition) is 2. The van der Waals surface area contributed by atoms with Crippen LogP contribution in [0.1, 0.15) is 12.6 Å². The second kappa shape index (κ2) is 6.23. The highest BCUT2D eigenvalue weighted by molar-refractivity contribution is 7.91. The molecule has 0 unspecified atom stereocenters. The number of thiazole rings is 1. The van der Waals surface area contributed by atoms with Crippen molar-refractivity contribution in [1.29, 1.82) is 0 Å². The van der Waals surface area contributed by atoms with Crippen LogP contribution in [0.25, 0.3) is 0 Å². The predicted molar refractivity (Wildman–Crippen MR) is 83.0 cm³/mol. The molecule has 0 bridgehead atoms. The fourth-order valence-electron chi connectivity index (χ4n) is 1.69. The van der Waals surface area contributed by atoms with Crippen molar-refractivity contribution in [1.82, 2.24) is 4.98 Å². The molecule has 0 aliphatic carbocycles. The van der Waals surface area contributed by atoms with E-state index in [1.54, 1.807) is 24.4 Å². The summed E-state index contributed by atoms with van der Waals surface area (Å²) in [5.41, 5.74) is 6.65. The lowest BCUT2D eigenvalue weighted by Gasteiger charge is -2.06. The average Bonchev–Trinajstić information content (AvgIpc) is 2.84. The van der Waals surface area contributed by atoms with Gasteiger partial charge in [-0.1, -0.05) is 6.92 Å². The summed E-state index contributed by atoms with van der Waals surface area (Å²) in [7, 11) is -3.22. The minimum Gasteiger partial charge on any atom is -0.375 e. The van der Waals surface area contributed by atoms with Crippen molar-refractivity contribution in [2.45, 2.75) is 18.2 Å². The number of benzene rings is 1. The molecule has 0 fully saturated rings. The number of carbonyl (C=O) groups excluding carboxylic acids is 1. The van der Waals surface area contributed by atoms with Gasteiger partial charge in [-0.15, -0.1) is 11.3 Å². The summed E-state index contributed by atoms with van der Waals surface area (Å²) in [6.07, 6.45) is 0.128. The van der Waals surface area contributed by atoms with Crippen LogP contribution in [-0.2, 0) is 21.1 Å². The van der Waals surface area contributed by atoms with Crippen LogP contribution in [0.3, 0.4) is 0 Å². The second-order valence-corrected chi connectivity index (χ2v) is 7.50. The van der Waals surface area contributed by atoms with Crippen LogP contribution >= 0.6 is 11.3 Å². The lowest BCUT2D eigenvalue weighted by atomic mass is 10.3. The van der Waals surface area contributed by atoms with Crippen molar-refractivity contribution < 1.29 is 13.2 Å². The van der Waals surface area contributed by atoms with Crippen LogP contribution in [0.4, 0.5) is 10.8 Å². The number of sulfone groups is 1. The van der Waals surface area contributed by atoms with Crippen molar-refractivity contribution in [3.05, 3.63) is 35.3 Å². The van der Waals surface area contributed by atoms with Crippen LogP contribution < -0.4 is 11.1 Å². The van der Waals surface area contributed by atoms with Gasteiger partial charge < -0.3 is 11.1 Å². The van der Waals surface area contributed by atoms with Crippen molar-refractivity contribution in [3.63, 3.8) is 0 Å². The number of nitrogens with zero attached hydrogens (tertiary/aromatic N) is 1. The zero-order valence-electron chi connectivity index (χ0n) is 11.4. The normalized spacial score (nSPS) is 11.3. The molecule has 8 heteroatoms. The summed E-state index contributed by atoms with van der Waals surface area (Å²) >= 11 is 1.28. The van der Waals surface area contributed by atoms with Gasteiger partial charge in [0.15, 0.2) is 15.0 Å². The monoisotopic (exact) mass is 325 g/mol. The Hall–Kier alpha value is -1.93. The molecule has 6 nitrogen and oxygen atoms in total. The smallest absolute Gasteiger partial charge is 0.230 e. The Bertz CT molecular complexity index is 736. The van der Waals surface area contributed by atoms with Crippen LogP contribution in [0.2, 0.25) is 0 Å². The van der Waals surface area contributed by atoms with Crippen LogP contribution in [0.15, 0.2) is 34.5 Å². The van der Waals surface area contributed by atoms with Gasteiger partial charge in [0.05, 0.1) is 22.8 Å². The highest BCUT2D eigenvalue weighted by Gasteiger charge is 2.12. The summed E-state index contributed by atoms with van der Waals surface area (Å²) in [5.74, 6) is -0.185. The van der Waals surface area contributed by atoms with E-state index in [1.165, 1.54) is 23.5 Å². The molecule has 0 spiro atoms. The van der Waals surface area contributed by atoms with Crippen LogP contribution in [0, 0.1) is 0 Å². The van der Waals surface area contributed by atoms with Crippen LogP contribution in [0.5, 0.6) is 0 Å². The van der Waals surface area contributed by atoms with E-state index < -0.39 is 9.84 Å². The minimum atomic E-state index is -3.22. The molecule has 0 atom stereocenters. The Morgan fingerprint density at radius 2 is 2.00 bits per heavy atom. The summed E-state index contributed by atoms with van der Waals surface area (Å²) in [6, 6.07) is 6.09. The molecule has 0 aliphatic heterocycles. The molecule has 2 aromatic rings. The van der Waals surface area contributed by atoms with Gasteiger partial charge in [0.25, 0.3) is 0 Å². The molecule has 112 valence electrons. The largest absolute Gasteiger partial charge is 0.375 e. The van der Waals surface area contributed by atoms with Gasteiger partial charge in [0.2, 0.25) is 5.91 Å². The SMILES string of the molecule is CCS(=O)(=O)c1ccc(NC(=O)Cc2csc(N)n2)cc1. The van der Waals surface area contributed by atoms with Crippen LogP contribution in [-0.4, -0.2) is 25.1 Å². The van der Waals surface area contributed by atoms with E-state index in [9.17, 15) is 13.2 Å². The van der Waals surface area contributed by atoms with Gasteiger partial charge in [0, 0.05) is 11.1 Å². The third-order valence-electron chi connectivity index (χ3n) is 2.79. The number of nitrogens with two attached hydrogens (primary N) is 1. The number of aromatic nitrogens is 1. The maximum atomic E-state index is 11.8. The van der Waals surface area contributed by atoms with E-state index in [1.807, 2.05) is 0 Å². The second-order valence-electron chi connectivity index (χ2n) is 4.33. The quantitative estimate of drug-likeness (QED) is 0.871. The van der Waals surface area contributed by atoms with E-state index in [0.717, 1.165) is 0 Å². The van der Waals surface area contributed by atoms with Gasteiger partial charge in [0.1, 0.15) is 0 Å². The molecule has 0 saturated heterocycles. The minimum absolute atomic E-state index is 0.0456. The third-order valence-corrected chi connectivity index (χ3v) is 5.26. The summed E-state index contributed by atoms with van der Waals surface area (Å²) < 4.78 is 23.3. The maximum Gasteiger partial charge on any atom is 0.230 e. The van der Waals surface area contributed by atoms with E-state index in [0.29, 0.717) is 16.5 Å². The molecule has 0 saturated carbocycles. The lowest BCUT2D eigenvalue weighted by Crippen LogP contribution is -2.14. The maximum absolute atomic E-state index is 11.8. The molecule has 21 heavy (non-hydrogen) atoms. The fourth-order valence-corrected chi connectivity index (χ4v) is 3.13. The zero-order chi connectivity index (χ0) is 15.5. The van der Waals surface area contributed by atoms with E-state index >= 15 is 0 Å². The van der Waals surface area contributed by atoms with Crippen molar-refractivity contribution in [3.8, 4) is 0 Å².